The van der Waals surface area contributed by atoms with E-state index >= 15 is 0 Å². The number of hydrogen-bond donors (Lipinski definition) is 2. The minimum atomic E-state index is -3.64. The molecule has 2 unspecified atom stereocenters. The zero-order valence-corrected chi connectivity index (χ0v) is 11.1. The van der Waals surface area contributed by atoms with Crippen LogP contribution in [0.4, 0.5) is 0 Å². The number of nitrogens with one attached hydrogen (secondary N) is 1. The van der Waals surface area contributed by atoms with Gasteiger partial charge in [0.15, 0.2) is 0 Å². The van der Waals surface area contributed by atoms with E-state index in [1.54, 1.807) is 13.0 Å². The quantitative estimate of drug-likeness (QED) is 0.819. The van der Waals surface area contributed by atoms with E-state index in [9.17, 15) is 8.42 Å². The van der Waals surface area contributed by atoms with Crippen LogP contribution < -0.4 is 10.5 Å². The Morgan fingerprint density at radius 2 is 2.33 bits per heavy atom. The molecule has 7 heteroatoms. The van der Waals surface area contributed by atoms with Crippen molar-refractivity contribution in [1.82, 2.24) is 4.72 Å². The predicted octanol–water partition coefficient (Wildman–Crippen LogP) is 0.584. The van der Waals surface area contributed by atoms with Crippen LogP contribution in [-0.4, -0.2) is 27.2 Å². The van der Waals surface area contributed by atoms with E-state index in [1.807, 2.05) is 0 Å². The van der Waals surface area contributed by atoms with Gasteiger partial charge in [-0.1, -0.05) is 0 Å². The number of furan rings is 1. The second-order valence-corrected chi connectivity index (χ2v) is 6.03. The van der Waals surface area contributed by atoms with Crippen molar-refractivity contribution in [2.75, 3.05) is 6.61 Å². The molecule has 2 atom stereocenters. The van der Waals surface area contributed by atoms with Crippen molar-refractivity contribution < 1.29 is 17.6 Å². The van der Waals surface area contributed by atoms with Crippen LogP contribution in [0, 0.1) is 0 Å². The molecule has 0 spiro atoms. The molecule has 1 aliphatic heterocycles. The summed E-state index contributed by atoms with van der Waals surface area (Å²) >= 11 is 0. The summed E-state index contributed by atoms with van der Waals surface area (Å²) in [5.74, 6) is 0.445. The first kappa shape index (κ1) is 13.5. The third kappa shape index (κ3) is 2.92. The van der Waals surface area contributed by atoms with E-state index < -0.39 is 10.0 Å². The van der Waals surface area contributed by atoms with Crippen molar-refractivity contribution in [3.63, 3.8) is 0 Å². The molecule has 0 bridgehead atoms. The van der Waals surface area contributed by atoms with Gasteiger partial charge in [-0.15, -0.1) is 0 Å². The van der Waals surface area contributed by atoms with Gasteiger partial charge in [0, 0.05) is 12.6 Å². The highest BCUT2D eigenvalue weighted by Crippen LogP contribution is 2.18. The van der Waals surface area contributed by atoms with Gasteiger partial charge >= 0.3 is 0 Å². The number of hydrogen-bond acceptors (Lipinski definition) is 5. The Morgan fingerprint density at radius 1 is 1.56 bits per heavy atom. The summed E-state index contributed by atoms with van der Waals surface area (Å²) in [6.07, 6.45) is 1.77. The highest BCUT2D eigenvalue weighted by atomic mass is 32.2. The van der Waals surface area contributed by atoms with Gasteiger partial charge in [-0.3, -0.25) is 0 Å². The van der Waals surface area contributed by atoms with E-state index in [2.05, 4.69) is 4.72 Å². The van der Waals surface area contributed by atoms with Crippen LogP contribution in [0.25, 0.3) is 0 Å². The number of rotatable bonds is 5. The number of nitrogens with two attached hydrogens (primary N) is 1. The summed E-state index contributed by atoms with van der Waals surface area (Å²) in [7, 11) is -3.64. The molecule has 2 heterocycles. The van der Waals surface area contributed by atoms with Crippen molar-refractivity contribution in [1.29, 1.82) is 0 Å². The van der Waals surface area contributed by atoms with Gasteiger partial charge < -0.3 is 14.9 Å². The second-order valence-electron chi connectivity index (χ2n) is 4.39. The molecule has 3 N–H and O–H groups in total. The zero-order chi connectivity index (χ0) is 13.2. The van der Waals surface area contributed by atoms with Crippen molar-refractivity contribution in [3.8, 4) is 0 Å². The van der Waals surface area contributed by atoms with Gasteiger partial charge in [0.1, 0.15) is 5.76 Å². The van der Waals surface area contributed by atoms with Gasteiger partial charge in [0.2, 0.25) is 5.09 Å². The van der Waals surface area contributed by atoms with E-state index in [1.165, 1.54) is 6.07 Å². The van der Waals surface area contributed by atoms with E-state index in [4.69, 9.17) is 14.9 Å². The standard InChI is InChI=1S/C11H18N2O4S/c1-8(10-3-2-6-16-10)13-18(14,15)11-5-4-9(7-12)17-11/h4-5,8,10,13H,2-3,6-7,12H2,1H3. The second kappa shape index (κ2) is 5.40. The van der Waals surface area contributed by atoms with Crippen molar-refractivity contribution in [2.45, 2.75) is 43.5 Å². The van der Waals surface area contributed by atoms with Crippen LogP contribution >= 0.6 is 0 Å². The Kier molecular flexibility index (Phi) is 4.06. The largest absolute Gasteiger partial charge is 0.447 e. The van der Waals surface area contributed by atoms with Gasteiger partial charge in [-0.2, -0.15) is 0 Å². The molecular weight excluding hydrogens is 256 g/mol. The lowest BCUT2D eigenvalue weighted by Crippen LogP contribution is -2.40. The van der Waals surface area contributed by atoms with Crippen LogP contribution in [0.15, 0.2) is 21.6 Å². The van der Waals surface area contributed by atoms with Crippen LogP contribution in [0.2, 0.25) is 0 Å². The molecule has 1 fully saturated rings. The molecule has 1 aromatic rings. The SMILES string of the molecule is CC(NS(=O)(=O)c1ccc(CN)o1)C1CCCO1. The van der Waals surface area contributed by atoms with E-state index in [0.29, 0.717) is 12.4 Å². The molecule has 1 saturated heterocycles. The average molecular weight is 274 g/mol. The van der Waals surface area contributed by atoms with Crippen molar-refractivity contribution in [2.24, 2.45) is 5.73 Å². The maximum atomic E-state index is 12.0. The Labute approximate surface area is 107 Å². The summed E-state index contributed by atoms with van der Waals surface area (Å²) in [5, 5.41) is -0.104. The molecule has 18 heavy (non-hydrogen) atoms. The minimum absolute atomic E-state index is 0.0660. The highest BCUT2D eigenvalue weighted by Gasteiger charge is 2.28. The van der Waals surface area contributed by atoms with Crippen LogP contribution in [-0.2, 0) is 21.3 Å². The molecule has 1 aromatic heterocycles. The Bertz CT molecular complexity index is 491. The predicted molar refractivity (Wildman–Crippen MR) is 65.4 cm³/mol. The van der Waals surface area contributed by atoms with E-state index in [-0.39, 0.29) is 23.8 Å². The fourth-order valence-corrected chi connectivity index (χ4v) is 3.21. The first-order chi connectivity index (χ1) is 8.53. The molecule has 0 amide bonds. The summed E-state index contributed by atoms with van der Waals surface area (Å²) in [4.78, 5) is 0. The van der Waals surface area contributed by atoms with Crippen molar-refractivity contribution >= 4 is 10.0 Å². The minimum Gasteiger partial charge on any atom is -0.447 e. The number of sulfonamides is 1. The first-order valence-electron chi connectivity index (χ1n) is 5.95. The average Bonchev–Trinajstić information content (AvgIpc) is 3.00. The summed E-state index contributed by atoms with van der Waals surface area (Å²) in [6, 6.07) is 2.70. The lowest BCUT2D eigenvalue weighted by Gasteiger charge is -2.18. The smallest absolute Gasteiger partial charge is 0.274 e. The third-order valence-electron chi connectivity index (χ3n) is 2.97. The molecule has 1 aliphatic rings. The van der Waals surface area contributed by atoms with Crippen LogP contribution in [0.1, 0.15) is 25.5 Å². The molecule has 0 aliphatic carbocycles. The summed E-state index contributed by atoms with van der Waals surface area (Å²) in [6.45, 7) is 2.66. The van der Waals surface area contributed by atoms with Crippen molar-refractivity contribution in [3.05, 3.63) is 17.9 Å². The Morgan fingerprint density at radius 3 is 2.89 bits per heavy atom. The first-order valence-corrected chi connectivity index (χ1v) is 7.44. The summed E-state index contributed by atoms with van der Waals surface area (Å²) < 4.78 is 37.2. The Balaban J connectivity index is 2.06. The Hall–Kier alpha value is -0.890. The molecule has 2 rings (SSSR count). The third-order valence-corrected chi connectivity index (χ3v) is 4.40. The van der Waals surface area contributed by atoms with Gasteiger partial charge in [0.05, 0.1) is 12.6 Å². The fourth-order valence-electron chi connectivity index (χ4n) is 1.99. The summed E-state index contributed by atoms with van der Waals surface area (Å²) in [5.41, 5.74) is 5.38. The lowest BCUT2D eigenvalue weighted by molar-refractivity contribution is 0.0901. The maximum Gasteiger partial charge on any atom is 0.274 e. The number of ether oxygens (including phenoxy) is 1. The van der Waals surface area contributed by atoms with Crippen LogP contribution in [0.3, 0.4) is 0 Å². The van der Waals surface area contributed by atoms with Crippen LogP contribution in [0.5, 0.6) is 0 Å². The molecule has 0 radical (unpaired) electrons. The molecule has 102 valence electrons. The zero-order valence-electron chi connectivity index (χ0n) is 10.3. The topological polar surface area (TPSA) is 94.6 Å². The molecule has 0 saturated carbocycles. The van der Waals surface area contributed by atoms with E-state index in [0.717, 1.165) is 12.8 Å². The van der Waals surface area contributed by atoms with Gasteiger partial charge in [-0.05, 0) is 31.9 Å². The highest BCUT2D eigenvalue weighted by molar-refractivity contribution is 7.89. The van der Waals surface area contributed by atoms with Gasteiger partial charge in [-0.25, -0.2) is 13.1 Å². The monoisotopic (exact) mass is 274 g/mol. The molecule has 0 aromatic carbocycles. The normalized spacial score (nSPS) is 22.2. The molecule has 6 nitrogen and oxygen atoms in total. The maximum absolute atomic E-state index is 12.0. The lowest BCUT2D eigenvalue weighted by atomic mass is 10.1. The molecular formula is C11H18N2O4S. The fraction of sp³-hybridized carbons (Fsp3) is 0.636. The van der Waals surface area contributed by atoms with Gasteiger partial charge in [0.25, 0.3) is 10.0 Å².